The van der Waals surface area contributed by atoms with E-state index >= 15 is 0 Å². The molecule has 1 aromatic rings. The van der Waals surface area contributed by atoms with Crippen LogP contribution in [0.1, 0.15) is 42.6 Å². The summed E-state index contributed by atoms with van der Waals surface area (Å²) in [5, 5.41) is 0. The second-order valence-corrected chi connectivity index (χ2v) is 6.33. The molecule has 2 rings (SSSR count). The Morgan fingerprint density at radius 3 is 2.74 bits per heavy atom. The highest BCUT2D eigenvalue weighted by Crippen LogP contribution is 2.28. The van der Waals surface area contributed by atoms with Gasteiger partial charge in [-0.05, 0) is 36.9 Å². The minimum atomic E-state index is -0.298. The Kier molecular flexibility index (Phi) is 4.04. The van der Waals surface area contributed by atoms with Gasteiger partial charge in [0.15, 0.2) is 5.78 Å². The number of halogens is 1. The summed E-state index contributed by atoms with van der Waals surface area (Å²) in [6, 6.07) is 4.74. The molecule has 0 N–H and O–H groups in total. The molecule has 1 fully saturated rings. The predicted molar refractivity (Wildman–Crippen MR) is 74.9 cm³/mol. The first-order valence-electron chi connectivity index (χ1n) is 6.89. The van der Waals surface area contributed by atoms with Crippen molar-refractivity contribution in [2.45, 2.75) is 33.6 Å². The van der Waals surface area contributed by atoms with Crippen LogP contribution in [0.5, 0.6) is 0 Å². The molecule has 0 aliphatic carbocycles. The molecule has 1 heterocycles. The van der Waals surface area contributed by atoms with Crippen molar-refractivity contribution in [1.29, 1.82) is 0 Å². The SMILES string of the molecule is Cc1ccc(C(=O)CCN2CCC(C)(C)C2)cc1F. The molecule has 0 aromatic heterocycles. The zero-order valence-corrected chi connectivity index (χ0v) is 12.0. The summed E-state index contributed by atoms with van der Waals surface area (Å²) < 4.78 is 13.4. The zero-order valence-electron chi connectivity index (χ0n) is 12.0. The number of rotatable bonds is 4. The first-order valence-corrected chi connectivity index (χ1v) is 6.89. The molecule has 2 nitrogen and oxygen atoms in total. The third-order valence-corrected chi connectivity index (χ3v) is 3.91. The highest BCUT2D eigenvalue weighted by molar-refractivity contribution is 5.96. The third-order valence-electron chi connectivity index (χ3n) is 3.91. The van der Waals surface area contributed by atoms with E-state index in [4.69, 9.17) is 0 Å². The summed E-state index contributed by atoms with van der Waals surface area (Å²) >= 11 is 0. The number of Topliss-reactive ketones (excluding diaryl/α,β-unsaturated/α-hetero) is 1. The first kappa shape index (κ1) is 14.2. The van der Waals surface area contributed by atoms with Crippen molar-refractivity contribution in [3.63, 3.8) is 0 Å². The highest BCUT2D eigenvalue weighted by Gasteiger charge is 2.28. The van der Waals surface area contributed by atoms with Crippen LogP contribution in [0.25, 0.3) is 0 Å². The summed E-state index contributed by atoms with van der Waals surface area (Å²) in [7, 11) is 0. The van der Waals surface area contributed by atoms with Crippen LogP contribution in [0.2, 0.25) is 0 Å². The van der Waals surface area contributed by atoms with Gasteiger partial charge in [0.05, 0.1) is 0 Å². The Balaban J connectivity index is 1.89. The summed E-state index contributed by atoms with van der Waals surface area (Å²) in [5.41, 5.74) is 1.43. The fourth-order valence-corrected chi connectivity index (χ4v) is 2.59. The second-order valence-electron chi connectivity index (χ2n) is 6.33. The quantitative estimate of drug-likeness (QED) is 0.776. The average molecular weight is 263 g/mol. The van der Waals surface area contributed by atoms with Gasteiger partial charge in [0, 0.05) is 25.1 Å². The van der Waals surface area contributed by atoms with E-state index < -0.39 is 0 Å². The Morgan fingerprint density at radius 1 is 1.42 bits per heavy atom. The van der Waals surface area contributed by atoms with Crippen molar-refractivity contribution in [2.24, 2.45) is 5.41 Å². The number of hydrogen-bond donors (Lipinski definition) is 0. The lowest BCUT2D eigenvalue weighted by Gasteiger charge is -2.19. The van der Waals surface area contributed by atoms with E-state index in [2.05, 4.69) is 18.7 Å². The molecule has 1 saturated heterocycles. The number of aryl methyl sites for hydroxylation is 1. The molecule has 0 bridgehead atoms. The van der Waals surface area contributed by atoms with Crippen molar-refractivity contribution in [1.82, 2.24) is 4.90 Å². The average Bonchev–Trinajstić information content (AvgIpc) is 2.69. The Morgan fingerprint density at radius 2 is 2.16 bits per heavy atom. The van der Waals surface area contributed by atoms with Gasteiger partial charge in [-0.1, -0.05) is 26.0 Å². The summed E-state index contributed by atoms with van der Waals surface area (Å²) in [4.78, 5) is 14.4. The Hall–Kier alpha value is -1.22. The molecule has 1 aliphatic rings. The lowest BCUT2D eigenvalue weighted by Crippen LogP contribution is -2.26. The predicted octanol–water partition coefficient (Wildman–Crippen LogP) is 3.44. The molecule has 104 valence electrons. The van der Waals surface area contributed by atoms with Gasteiger partial charge < -0.3 is 4.90 Å². The van der Waals surface area contributed by atoms with Crippen LogP contribution in [0.4, 0.5) is 4.39 Å². The minimum absolute atomic E-state index is 0.0311. The van der Waals surface area contributed by atoms with Crippen LogP contribution >= 0.6 is 0 Å². The molecule has 0 unspecified atom stereocenters. The fraction of sp³-hybridized carbons (Fsp3) is 0.562. The molecule has 0 spiro atoms. The number of carbonyl (C=O) groups excluding carboxylic acids is 1. The van der Waals surface area contributed by atoms with Crippen LogP contribution < -0.4 is 0 Å². The van der Waals surface area contributed by atoms with Crippen molar-refractivity contribution in [3.8, 4) is 0 Å². The highest BCUT2D eigenvalue weighted by atomic mass is 19.1. The largest absolute Gasteiger partial charge is 0.302 e. The summed E-state index contributed by atoms with van der Waals surface area (Å²) in [6.45, 7) is 9.09. The van der Waals surface area contributed by atoms with Gasteiger partial charge in [-0.2, -0.15) is 0 Å². The molecule has 1 aromatic carbocycles. The first-order chi connectivity index (χ1) is 8.87. The molecular weight excluding hydrogens is 241 g/mol. The van der Waals surface area contributed by atoms with Crippen LogP contribution in [0.15, 0.2) is 18.2 Å². The lowest BCUT2D eigenvalue weighted by molar-refractivity contribution is 0.0966. The van der Waals surface area contributed by atoms with Crippen molar-refractivity contribution < 1.29 is 9.18 Å². The van der Waals surface area contributed by atoms with Crippen molar-refractivity contribution in [3.05, 3.63) is 35.1 Å². The molecule has 0 radical (unpaired) electrons. The number of ketones is 1. The summed E-state index contributed by atoms with van der Waals surface area (Å²) in [6.07, 6.45) is 1.65. The van der Waals surface area contributed by atoms with Crippen LogP contribution in [0.3, 0.4) is 0 Å². The summed E-state index contributed by atoms with van der Waals surface area (Å²) in [5.74, 6) is -0.267. The van der Waals surface area contributed by atoms with Crippen molar-refractivity contribution >= 4 is 5.78 Å². The van der Waals surface area contributed by atoms with E-state index in [-0.39, 0.29) is 11.6 Å². The van der Waals surface area contributed by atoms with E-state index in [1.54, 1.807) is 19.1 Å². The number of likely N-dealkylation sites (tertiary alicyclic amines) is 1. The van der Waals surface area contributed by atoms with Gasteiger partial charge in [-0.25, -0.2) is 4.39 Å². The Labute approximate surface area is 114 Å². The maximum atomic E-state index is 13.4. The third kappa shape index (κ3) is 3.63. The number of carbonyl (C=O) groups is 1. The van der Waals surface area contributed by atoms with E-state index in [1.165, 1.54) is 12.5 Å². The molecule has 3 heteroatoms. The van der Waals surface area contributed by atoms with Gasteiger partial charge in [0.1, 0.15) is 5.82 Å². The zero-order chi connectivity index (χ0) is 14.0. The van der Waals surface area contributed by atoms with E-state index in [0.29, 0.717) is 23.0 Å². The van der Waals surface area contributed by atoms with E-state index in [1.807, 2.05) is 0 Å². The number of benzene rings is 1. The Bertz CT molecular complexity index is 482. The van der Waals surface area contributed by atoms with E-state index in [9.17, 15) is 9.18 Å². The van der Waals surface area contributed by atoms with Crippen LogP contribution in [-0.4, -0.2) is 30.3 Å². The maximum absolute atomic E-state index is 13.4. The van der Waals surface area contributed by atoms with Gasteiger partial charge in [-0.15, -0.1) is 0 Å². The van der Waals surface area contributed by atoms with Gasteiger partial charge in [-0.3, -0.25) is 4.79 Å². The molecule has 0 atom stereocenters. The second kappa shape index (κ2) is 5.41. The normalized spacial score (nSPS) is 18.7. The van der Waals surface area contributed by atoms with Gasteiger partial charge in [0.25, 0.3) is 0 Å². The minimum Gasteiger partial charge on any atom is -0.302 e. The lowest BCUT2D eigenvalue weighted by atomic mass is 9.93. The monoisotopic (exact) mass is 263 g/mol. The fourth-order valence-electron chi connectivity index (χ4n) is 2.59. The topological polar surface area (TPSA) is 20.3 Å². The standard InChI is InChI=1S/C16H22FNO/c1-12-4-5-13(10-14(12)17)15(19)6-8-18-9-7-16(2,3)11-18/h4-5,10H,6-9,11H2,1-3H3. The molecule has 1 aliphatic heterocycles. The number of nitrogens with zero attached hydrogens (tertiary/aromatic N) is 1. The molecule has 0 amide bonds. The van der Waals surface area contributed by atoms with Crippen molar-refractivity contribution in [2.75, 3.05) is 19.6 Å². The van der Waals surface area contributed by atoms with E-state index in [0.717, 1.165) is 19.6 Å². The molecule has 0 saturated carbocycles. The maximum Gasteiger partial charge on any atom is 0.164 e. The van der Waals surface area contributed by atoms with Gasteiger partial charge in [0.2, 0.25) is 0 Å². The smallest absolute Gasteiger partial charge is 0.164 e. The van der Waals surface area contributed by atoms with Crippen LogP contribution in [-0.2, 0) is 0 Å². The van der Waals surface area contributed by atoms with Crippen LogP contribution in [0, 0.1) is 18.2 Å². The molecular formula is C16H22FNO. The molecule has 19 heavy (non-hydrogen) atoms. The number of hydrogen-bond acceptors (Lipinski definition) is 2. The van der Waals surface area contributed by atoms with Gasteiger partial charge >= 0.3 is 0 Å².